The first-order valence-electron chi connectivity index (χ1n) is 6.09. The van der Waals surface area contributed by atoms with Crippen LogP contribution < -0.4 is 5.73 Å². The van der Waals surface area contributed by atoms with Crippen molar-refractivity contribution in [3.8, 4) is 5.75 Å². The van der Waals surface area contributed by atoms with Gasteiger partial charge in [-0.05, 0) is 43.5 Å². The Balaban J connectivity index is 2.10. The van der Waals surface area contributed by atoms with Crippen LogP contribution in [0, 0.1) is 5.92 Å². The zero-order valence-corrected chi connectivity index (χ0v) is 11.7. The number of nitrogens with zero attached hydrogens (tertiary/aromatic N) is 1. The second kappa shape index (κ2) is 5.71. The van der Waals surface area contributed by atoms with Crippen molar-refractivity contribution < 1.29 is 9.90 Å². The molecule has 3 N–H and O–H groups in total. The number of benzene rings is 1. The molecule has 2 rings (SSSR count). The minimum absolute atomic E-state index is 0.0316. The van der Waals surface area contributed by atoms with Crippen molar-refractivity contribution in [3.63, 3.8) is 0 Å². The lowest BCUT2D eigenvalue weighted by Gasteiger charge is -2.31. The highest BCUT2D eigenvalue weighted by atomic mass is 79.9. The number of hydrogen-bond donors (Lipinski definition) is 2. The normalized spacial score (nSPS) is 16.9. The minimum atomic E-state index is -0.107. The maximum atomic E-state index is 12.3. The Morgan fingerprint density at radius 3 is 2.72 bits per heavy atom. The molecule has 4 nitrogen and oxygen atoms in total. The van der Waals surface area contributed by atoms with Crippen LogP contribution in [0.25, 0.3) is 0 Å². The van der Waals surface area contributed by atoms with E-state index in [1.807, 2.05) is 0 Å². The summed E-state index contributed by atoms with van der Waals surface area (Å²) < 4.78 is 0.792. The van der Waals surface area contributed by atoms with Crippen molar-refractivity contribution in [2.24, 2.45) is 11.7 Å². The third-order valence-electron chi connectivity index (χ3n) is 3.42. The lowest BCUT2D eigenvalue weighted by molar-refractivity contribution is 0.0690. The van der Waals surface area contributed by atoms with Gasteiger partial charge in [0.1, 0.15) is 5.75 Å². The number of halogens is 1. The van der Waals surface area contributed by atoms with E-state index in [9.17, 15) is 9.90 Å². The first kappa shape index (κ1) is 13.4. The summed E-state index contributed by atoms with van der Waals surface area (Å²) in [6, 6.07) is 4.91. The van der Waals surface area contributed by atoms with E-state index in [2.05, 4.69) is 15.9 Å². The lowest BCUT2D eigenvalue weighted by Crippen LogP contribution is -2.40. The van der Waals surface area contributed by atoms with Gasteiger partial charge >= 0.3 is 0 Å². The number of hydrogen-bond acceptors (Lipinski definition) is 3. The van der Waals surface area contributed by atoms with Gasteiger partial charge in [-0.2, -0.15) is 0 Å². The number of amides is 1. The van der Waals surface area contributed by atoms with Gasteiger partial charge in [0.15, 0.2) is 0 Å². The van der Waals surface area contributed by atoms with Gasteiger partial charge in [-0.15, -0.1) is 0 Å². The summed E-state index contributed by atoms with van der Waals surface area (Å²) in [7, 11) is 0. The largest absolute Gasteiger partial charge is 0.507 e. The van der Waals surface area contributed by atoms with Crippen LogP contribution in [-0.4, -0.2) is 35.5 Å². The van der Waals surface area contributed by atoms with Crippen molar-refractivity contribution in [1.29, 1.82) is 0 Å². The molecule has 1 aromatic rings. The van der Waals surface area contributed by atoms with Crippen molar-refractivity contribution in [3.05, 3.63) is 28.2 Å². The molecule has 0 aromatic heterocycles. The molecule has 98 valence electrons. The molecule has 1 aliphatic rings. The second-order valence-corrected chi connectivity index (χ2v) is 5.55. The molecule has 1 heterocycles. The van der Waals surface area contributed by atoms with Gasteiger partial charge in [-0.1, -0.05) is 15.9 Å². The highest BCUT2D eigenvalue weighted by molar-refractivity contribution is 9.10. The summed E-state index contributed by atoms with van der Waals surface area (Å²) in [5, 5.41) is 9.75. The smallest absolute Gasteiger partial charge is 0.257 e. The summed E-state index contributed by atoms with van der Waals surface area (Å²) in [6.07, 6.45) is 1.88. The van der Waals surface area contributed by atoms with Crippen LogP contribution in [0.15, 0.2) is 22.7 Å². The van der Waals surface area contributed by atoms with Crippen LogP contribution in [0.5, 0.6) is 5.75 Å². The van der Waals surface area contributed by atoms with Crippen molar-refractivity contribution in [2.75, 3.05) is 19.6 Å². The molecule has 0 spiro atoms. The Morgan fingerprint density at radius 1 is 1.44 bits per heavy atom. The van der Waals surface area contributed by atoms with Crippen molar-refractivity contribution in [1.82, 2.24) is 4.90 Å². The number of carbonyl (C=O) groups is 1. The van der Waals surface area contributed by atoms with Crippen LogP contribution in [0.1, 0.15) is 23.2 Å². The van der Waals surface area contributed by atoms with Gasteiger partial charge in [-0.25, -0.2) is 0 Å². The molecule has 0 saturated carbocycles. The monoisotopic (exact) mass is 312 g/mol. The summed E-state index contributed by atoms with van der Waals surface area (Å²) in [4.78, 5) is 14.1. The van der Waals surface area contributed by atoms with Crippen LogP contribution in [0.4, 0.5) is 0 Å². The standard InChI is InChI=1S/C13H17BrN2O2/c14-10-1-2-12(17)11(7-10)13(18)16-5-3-9(8-15)4-6-16/h1-2,7,9,17H,3-6,8,15H2. The Hall–Kier alpha value is -1.07. The maximum absolute atomic E-state index is 12.3. The number of phenols is 1. The predicted octanol–water partition coefficient (Wildman–Crippen LogP) is 1.97. The fourth-order valence-electron chi connectivity index (χ4n) is 2.22. The van der Waals surface area contributed by atoms with Crippen LogP contribution in [0.3, 0.4) is 0 Å². The number of aromatic hydroxyl groups is 1. The number of nitrogens with two attached hydrogens (primary N) is 1. The highest BCUT2D eigenvalue weighted by Crippen LogP contribution is 2.25. The molecule has 1 saturated heterocycles. The number of piperidine rings is 1. The van der Waals surface area contributed by atoms with Gasteiger partial charge < -0.3 is 15.7 Å². The SMILES string of the molecule is NCC1CCN(C(=O)c2cc(Br)ccc2O)CC1. The molecular formula is C13H17BrN2O2. The zero-order valence-electron chi connectivity index (χ0n) is 10.1. The van der Waals surface area contributed by atoms with E-state index in [1.165, 1.54) is 6.07 Å². The molecule has 0 atom stereocenters. The summed E-state index contributed by atoms with van der Waals surface area (Å²) in [6.45, 7) is 2.11. The van der Waals surface area contributed by atoms with E-state index in [-0.39, 0.29) is 11.7 Å². The molecule has 0 aliphatic carbocycles. The average molecular weight is 313 g/mol. The number of phenolic OH excluding ortho intramolecular Hbond substituents is 1. The van der Waals surface area contributed by atoms with Crippen molar-refractivity contribution >= 4 is 21.8 Å². The zero-order chi connectivity index (χ0) is 13.1. The number of carbonyl (C=O) groups excluding carboxylic acids is 1. The first-order chi connectivity index (χ1) is 8.61. The Bertz CT molecular complexity index is 443. The number of likely N-dealkylation sites (tertiary alicyclic amines) is 1. The summed E-state index contributed by atoms with van der Waals surface area (Å²) in [5.41, 5.74) is 5.99. The quantitative estimate of drug-likeness (QED) is 0.877. The Morgan fingerprint density at radius 2 is 2.11 bits per heavy atom. The fraction of sp³-hybridized carbons (Fsp3) is 0.462. The Labute approximate surface area is 115 Å². The second-order valence-electron chi connectivity index (χ2n) is 4.63. The number of rotatable bonds is 2. The lowest BCUT2D eigenvalue weighted by atomic mass is 9.96. The average Bonchev–Trinajstić information content (AvgIpc) is 2.41. The molecule has 1 aliphatic heterocycles. The third-order valence-corrected chi connectivity index (χ3v) is 3.92. The highest BCUT2D eigenvalue weighted by Gasteiger charge is 2.24. The van der Waals surface area contributed by atoms with E-state index in [0.717, 1.165) is 17.3 Å². The topological polar surface area (TPSA) is 66.6 Å². The molecule has 5 heteroatoms. The van der Waals surface area contributed by atoms with Crippen molar-refractivity contribution in [2.45, 2.75) is 12.8 Å². The summed E-state index contributed by atoms with van der Waals surface area (Å²) in [5.74, 6) is 0.443. The molecular weight excluding hydrogens is 296 g/mol. The molecule has 1 amide bonds. The summed E-state index contributed by atoms with van der Waals surface area (Å²) >= 11 is 3.31. The molecule has 0 unspecified atom stereocenters. The van der Waals surface area contributed by atoms with E-state index < -0.39 is 0 Å². The van der Waals surface area contributed by atoms with E-state index in [4.69, 9.17) is 5.73 Å². The van der Waals surface area contributed by atoms with Gasteiger partial charge in [0.2, 0.25) is 0 Å². The van der Waals surface area contributed by atoms with Gasteiger partial charge in [0.25, 0.3) is 5.91 Å². The van der Waals surface area contributed by atoms with E-state index in [0.29, 0.717) is 31.1 Å². The molecule has 0 radical (unpaired) electrons. The van der Waals surface area contributed by atoms with Gasteiger partial charge in [-0.3, -0.25) is 4.79 Å². The first-order valence-corrected chi connectivity index (χ1v) is 6.89. The molecule has 1 aromatic carbocycles. The van der Waals surface area contributed by atoms with Crippen LogP contribution in [0.2, 0.25) is 0 Å². The Kier molecular flexibility index (Phi) is 4.24. The molecule has 0 bridgehead atoms. The van der Waals surface area contributed by atoms with Gasteiger partial charge in [0, 0.05) is 17.6 Å². The van der Waals surface area contributed by atoms with Gasteiger partial charge in [0.05, 0.1) is 5.56 Å². The molecule has 18 heavy (non-hydrogen) atoms. The predicted molar refractivity (Wildman–Crippen MR) is 73.5 cm³/mol. The maximum Gasteiger partial charge on any atom is 0.257 e. The van der Waals surface area contributed by atoms with E-state index >= 15 is 0 Å². The van der Waals surface area contributed by atoms with E-state index in [1.54, 1.807) is 17.0 Å². The molecule has 1 fully saturated rings. The van der Waals surface area contributed by atoms with Crippen LogP contribution in [-0.2, 0) is 0 Å². The van der Waals surface area contributed by atoms with Crippen LogP contribution >= 0.6 is 15.9 Å². The minimum Gasteiger partial charge on any atom is -0.507 e. The third kappa shape index (κ3) is 2.84. The fourth-order valence-corrected chi connectivity index (χ4v) is 2.58.